The van der Waals surface area contributed by atoms with Gasteiger partial charge in [-0.3, -0.25) is 19.5 Å². The molecule has 2 N–H and O–H groups in total. The van der Waals surface area contributed by atoms with Crippen molar-refractivity contribution in [2.75, 3.05) is 39.9 Å². The van der Waals surface area contributed by atoms with Crippen LogP contribution in [0.1, 0.15) is 30.5 Å². The first-order valence-electron chi connectivity index (χ1n) is 12.9. The molecule has 41 heavy (non-hydrogen) atoms. The number of amidine groups is 1. The number of aliphatic imine (C=N–C) groups is 1. The number of ether oxygens (including phenoxy) is 2. The average molecular weight is 606 g/mol. The van der Waals surface area contributed by atoms with E-state index in [4.69, 9.17) is 26.1 Å². The monoisotopic (exact) mass is 605 g/mol. The molecular weight excluding hydrogens is 577 g/mol. The van der Waals surface area contributed by atoms with Gasteiger partial charge >= 0.3 is 11.9 Å². The lowest BCUT2D eigenvalue weighted by Crippen LogP contribution is -2.54. The van der Waals surface area contributed by atoms with E-state index >= 15 is 0 Å². The Morgan fingerprint density at radius 3 is 2.83 bits per heavy atom. The molecule has 2 fully saturated rings. The van der Waals surface area contributed by atoms with Crippen molar-refractivity contribution in [1.29, 1.82) is 0 Å². The number of aliphatic carboxylic acids is 1. The number of fused-ring (bicyclic) bond motifs is 1. The first-order valence-corrected chi connectivity index (χ1v) is 14.2. The van der Waals surface area contributed by atoms with Crippen LogP contribution in [0.5, 0.6) is 0 Å². The standard InChI is InChI=1S/C27H29ClFN5O6S/c1-27(2,26(37)38)13-34-12-17-21(24(34)35)33(8-9-40-17)11-16-18(25(36)39-3)20(14-5-4-6-15(29)19(14)28)32-22(31-16)23-30-7-10-41-23/h4-7,10,17,20-21H,8-9,11-13H2,1-3H3,(H,31,32)(H,37,38)/t17-,20-,21-/m0/s1. The van der Waals surface area contributed by atoms with Crippen molar-refractivity contribution >= 4 is 46.6 Å². The van der Waals surface area contributed by atoms with Crippen molar-refractivity contribution in [1.82, 2.24) is 20.1 Å². The molecule has 3 aliphatic heterocycles. The fraction of sp³-hybridized carbons (Fsp3) is 0.444. The minimum Gasteiger partial charge on any atom is -0.481 e. The van der Waals surface area contributed by atoms with Gasteiger partial charge in [-0.1, -0.05) is 23.7 Å². The Hall–Kier alpha value is -3.39. The van der Waals surface area contributed by atoms with Crippen LogP contribution in [0, 0.1) is 11.2 Å². The SMILES string of the molecule is COC(=O)C1=C(CN2CCO[C@H]3CN(CC(C)(C)C(=O)O)C(=O)[C@H]32)NC(c2nccs2)=N[C@H]1c1cccc(F)c1Cl. The van der Waals surface area contributed by atoms with E-state index in [1.807, 2.05) is 4.90 Å². The number of carbonyl (C=O) groups excluding carboxylic acids is 2. The Morgan fingerprint density at radius 1 is 1.37 bits per heavy atom. The van der Waals surface area contributed by atoms with Gasteiger partial charge in [0.25, 0.3) is 0 Å². The molecule has 1 amide bonds. The Morgan fingerprint density at radius 2 is 2.15 bits per heavy atom. The molecule has 0 aliphatic carbocycles. The largest absolute Gasteiger partial charge is 0.481 e. The number of carbonyl (C=O) groups is 3. The van der Waals surface area contributed by atoms with E-state index in [1.165, 1.54) is 35.5 Å². The molecule has 0 saturated carbocycles. The van der Waals surface area contributed by atoms with Crippen LogP contribution in [0.4, 0.5) is 4.39 Å². The minimum atomic E-state index is -1.14. The lowest BCUT2D eigenvalue weighted by Gasteiger charge is -2.37. The number of hydrogen-bond donors (Lipinski definition) is 2. The lowest BCUT2D eigenvalue weighted by molar-refractivity contribution is -0.149. The fourth-order valence-corrected chi connectivity index (χ4v) is 6.11. The van der Waals surface area contributed by atoms with Crippen LogP contribution in [-0.4, -0.2) is 95.6 Å². The van der Waals surface area contributed by atoms with Gasteiger partial charge in [0, 0.05) is 49.0 Å². The maximum Gasteiger partial charge on any atom is 0.338 e. The third-order valence-corrected chi connectivity index (χ3v) is 8.57. The highest BCUT2D eigenvalue weighted by Gasteiger charge is 2.49. The molecule has 5 rings (SSSR count). The maximum atomic E-state index is 14.5. The number of hydrogen-bond acceptors (Lipinski definition) is 10. The van der Waals surface area contributed by atoms with E-state index in [0.717, 1.165) is 0 Å². The number of methoxy groups -OCH3 is 1. The quantitative estimate of drug-likeness (QED) is 0.435. The van der Waals surface area contributed by atoms with Gasteiger partial charge in [-0.2, -0.15) is 0 Å². The number of halogens is 2. The van der Waals surface area contributed by atoms with Crippen LogP contribution < -0.4 is 5.32 Å². The zero-order valence-corrected chi connectivity index (χ0v) is 24.2. The number of amides is 1. The second kappa shape index (κ2) is 11.5. The third-order valence-electron chi connectivity index (χ3n) is 7.39. The van der Waals surface area contributed by atoms with Crippen LogP contribution in [0.2, 0.25) is 5.02 Å². The molecule has 0 spiro atoms. The predicted octanol–water partition coefficient (Wildman–Crippen LogP) is 2.48. The summed E-state index contributed by atoms with van der Waals surface area (Å²) >= 11 is 7.69. The summed E-state index contributed by atoms with van der Waals surface area (Å²) in [6, 6.07) is 2.60. The molecule has 14 heteroatoms. The number of nitrogens with one attached hydrogen (secondary N) is 1. The van der Waals surface area contributed by atoms with Crippen LogP contribution in [-0.2, 0) is 23.9 Å². The molecule has 0 unspecified atom stereocenters. The summed E-state index contributed by atoms with van der Waals surface area (Å²) in [7, 11) is 1.24. The average Bonchev–Trinajstić information content (AvgIpc) is 3.58. The number of rotatable bonds is 8. The normalized spacial score (nSPS) is 23.2. The Labute approximate surface area is 244 Å². The second-order valence-electron chi connectivity index (χ2n) is 10.6. The molecule has 2 aromatic rings. The molecule has 11 nitrogen and oxygen atoms in total. The van der Waals surface area contributed by atoms with Crippen molar-refractivity contribution in [3.63, 3.8) is 0 Å². The number of nitrogens with zero attached hydrogens (tertiary/aromatic N) is 4. The molecule has 0 radical (unpaired) electrons. The molecule has 3 aliphatic rings. The van der Waals surface area contributed by atoms with Gasteiger partial charge in [0.2, 0.25) is 5.91 Å². The summed E-state index contributed by atoms with van der Waals surface area (Å²) in [6.45, 7) is 4.22. The van der Waals surface area contributed by atoms with E-state index in [2.05, 4.69) is 10.3 Å². The molecule has 1 aromatic heterocycles. The lowest BCUT2D eigenvalue weighted by atomic mass is 9.93. The fourth-order valence-electron chi connectivity index (χ4n) is 5.29. The number of aromatic nitrogens is 1. The zero-order chi connectivity index (χ0) is 29.5. The summed E-state index contributed by atoms with van der Waals surface area (Å²) in [4.78, 5) is 51.0. The number of carboxylic acid groups (broad SMARTS) is 1. The predicted molar refractivity (Wildman–Crippen MR) is 148 cm³/mol. The van der Waals surface area contributed by atoms with Crippen molar-refractivity contribution in [2.24, 2.45) is 10.4 Å². The molecular formula is C27H29ClFN5O6S. The number of thiazole rings is 1. The second-order valence-corrected chi connectivity index (χ2v) is 11.9. The van der Waals surface area contributed by atoms with Crippen LogP contribution >= 0.6 is 22.9 Å². The molecule has 4 heterocycles. The number of carboxylic acids is 1. The van der Waals surface area contributed by atoms with Gasteiger partial charge in [0.15, 0.2) is 10.8 Å². The third kappa shape index (κ3) is 5.59. The summed E-state index contributed by atoms with van der Waals surface area (Å²) in [5.41, 5.74) is -0.340. The maximum absolute atomic E-state index is 14.5. The van der Waals surface area contributed by atoms with Crippen LogP contribution in [0.15, 0.2) is 46.0 Å². The highest BCUT2D eigenvalue weighted by molar-refractivity contribution is 7.11. The van der Waals surface area contributed by atoms with Gasteiger partial charge in [-0.05, 0) is 19.9 Å². The highest BCUT2D eigenvalue weighted by Crippen LogP contribution is 2.38. The summed E-state index contributed by atoms with van der Waals surface area (Å²) in [5.74, 6) is -2.24. The first-order chi connectivity index (χ1) is 19.5. The summed E-state index contributed by atoms with van der Waals surface area (Å²) in [5, 5.41) is 15.0. The van der Waals surface area contributed by atoms with E-state index in [0.29, 0.717) is 29.7 Å². The van der Waals surface area contributed by atoms with Gasteiger partial charge in [0.05, 0.1) is 35.8 Å². The van der Waals surface area contributed by atoms with Crippen molar-refractivity contribution in [2.45, 2.75) is 32.0 Å². The zero-order valence-electron chi connectivity index (χ0n) is 22.6. The Kier molecular flexibility index (Phi) is 8.15. The minimum absolute atomic E-state index is 0.0285. The van der Waals surface area contributed by atoms with Gasteiger partial charge < -0.3 is 24.8 Å². The van der Waals surface area contributed by atoms with E-state index in [9.17, 15) is 23.9 Å². The number of likely N-dealkylation sites (tertiary alicyclic amines) is 1. The van der Waals surface area contributed by atoms with E-state index < -0.39 is 41.4 Å². The van der Waals surface area contributed by atoms with Crippen molar-refractivity contribution < 1.29 is 33.4 Å². The molecule has 1 aromatic carbocycles. The smallest absolute Gasteiger partial charge is 0.338 e. The molecule has 2 saturated heterocycles. The number of esters is 1. The Bertz CT molecular complexity index is 1430. The molecule has 218 valence electrons. The topological polar surface area (TPSA) is 134 Å². The summed E-state index contributed by atoms with van der Waals surface area (Å²) in [6.07, 6.45) is 1.14. The van der Waals surface area contributed by atoms with Crippen molar-refractivity contribution in [3.05, 3.63) is 62.5 Å². The van der Waals surface area contributed by atoms with Crippen LogP contribution in [0.3, 0.4) is 0 Å². The summed E-state index contributed by atoms with van der Waals surface area (Å²) < 4.78 is 25.6. The van der Waals surface area contributed by atoms with E-state index in [1.54, 1.807) is 31.5 Å². The van der Waals surface area contributed by atoms with Gasteiger partial charge in [0.1, 0.15) is 17.9 Å². The highest BCUT2D eigenvalue weighted by atomic mass is 35.5. The van der Waals surface area contributed by atoms with Crippen molar-refractivity contribution in [3.8, 4) is 0 Å². The number of benzene rings is 1. The first kappa shape index (κ1) is 29.1. The number of morpholine rings is 1. The molecule has 0 bridgehead atoms. The van der Waals surface area contributed by atoms with E-state index in [-0.39, 0.29) is 41.7 Å². The van der Waals surface area contributed by atoms with Gasteiger partial charge in [-0.15, -0.1) is 11.3 Å². The van der Waals surface area contributed by atoms with Gasteiger partial charge in [-0.25, -0.2) is 14.2 Å². The van der Waals surface area contributed by atoms with Crippen LogP contribution in [0.25, 0.3) is 0 Å². The molecule has 3 atom stereocenters. The Balaban J connectivity index is 1.53.